The van der Waals surface area contributed by atoms with E-state index >= 15 is 0 Å². The van der Waals surface area contributed by atoms with Crippen molar-refractivity contribution in [1.82, 2.24) is 10.6 Å². The van der Waals surface area contributed by atoms with Crippen LogP contribution < -0.4 is 10.6 Å². The quantitative estimate of drug-likeness (QED) is 0.716. The summed E-state index contributed by atoms with van der Waals surface area (Å²) in [6.07, 6.45) is 5.79. The predicted octanol–water partition coefficient (Wildman–Crippen LogP) is 0.878. The number of hydrogen-bond acceptors (Lipinski definition) is 3. The van der Waals surface area contributed by atoms with Gasteiger partial charge in [0, 0.05) is 11.8 Å². The molecule has 0 aromatic rings. The second kappa shape index (κ2) is 5.08. The van der Waals surface area contributed by atoms with Crippen LogP contribution in [0.1, 0.15) is 51.9 Å². The van der Waals surface area contributed by atoms with Gasteiger partial charge >= 0.3 is 0 Å². The molecule has 1 aliphatic heterocycles. The van der Waals surface area contributed by atoms with E-state index in [4.69, 9.17) is 0 Å². The zero-order chi connectivity index (χ0) is 13.2. The molecule has 0 radical (unpaired) electrons. The molecular formula is C13H20N2O3. The molecule has 0 bridgehead atoms. The van der Waals surface area contributed by atoms with E-state index in [9.17, 15) is 14.4 Å². The lowest BCUT2D eigenvalue weighted by Crippen LogP contribution is -2.55. The first-order valence-corrected chi connectivity index (χ1v) is 6.66. The van der Waals surface area contributed by atoms with E-state index in [1.54, 1.807) is 0 Å². The molecule has 0 aromatic carbocycles. The number of carbonyl (C=O) groups excluding carboxylic acids is 3. The number of imide groups is 1. The van der Waals surface area contributed by atoms with Crippen LogP contribution in [0, 0.1) is 5.41 Å². The minimum Gasteiger partial charge on any atom is -0.344 e. The van der Waals surface area contributed by atoms with Crippen molar-refractivity contribution < 1.29 is 14.4 Å². The van der Waals surface area contributed by atoms with Crippen LogP contribution in [0.4, 0.5) is 0 Å². The first-order valence-electron chi connectivity index (χ1n) is 6.66. The SMILES string of the molecule is CC1(C(=O)NC2CCC(=O)NC2=O)CCCCC1. The number of rotatable bonds is 2. The number of carbonyl (C=O) groups is 3. The van der Waals surface area contributed by atoms with Gasteiger partial charge in [-0.1, -0.05) is 26.2 Å². The third-order valence-corrected chi connectivity index (χ3v) is 4.05. The molecule has 1 heterocycles. The van der Waals surface area contributed by atoms with Crippen molar-refractivity contribution in [3.63, 3.8) is 0 Å². The van der Waals surface area contributed by atoms with Crippen LogP contribution in [0.3, 0.4) is 0 Å². The van der Waals surface area contributed by atoms with E-state index in [-0.39, 0.29) is 23.1 Å². The summed E-state index contributed by atoms with van der Waals surface area (Å²) in [4.78, 5) is 34.8. The molecule has 2 N–H and O–H groups in total. The van der Waals surface area contributed by atoms with Gasteiger partial charge in [0.05, 0.1) is 0 Å². The average Bonchev–Trinajstić information content (AvgIpc) is 2.33. The number of piperidine rings is 1. The zero-order valence-electron chi connectivity index (χ0n) is 10.8. The third kappa shape index (κ3) is 2.71. The second-order valence-corrected chi connectivity index (χ2v) is 5.60. The Morgan fingerprint density at radius 3 is 2.56 bits per heavy atom. The fraction of sp³-hybridized carbons (Fsp3) is 0.769. The summed E-state index contributed by atoms with van der Waals surface area (Å²) in [5, 5.41) is 5.05. The molecule has 2 rings (SSSR count). The van der Waals surface area contributed by atoms with Crippen molar-refractivity contribution in [1.29, 1.82) is 0 Å². The minimum absolute atomic E-state index is 0.0447. The molecule has 2 fully saturated rings. The smallest absolute Gasteiger partial charge is 0.249 e. The van der Waals surface area contributed by atoms with Crippen LogP contribution in [0.25, 0.3) is 0 Å². The van der Waals surface area contributed by atoms with Crippen LogP contribution in [-0.2, 0) is 14.4 Å². The highest BCUT2D eigenvalue weighted by atomic mass is 16.2. The largest absolute Gasteiger partial charge is 0.344 e. The van der Waals surface area contributed by atoms with Crippen molar-refractivity contribution in [3.8, 4) is 0 Å². The van der Waals surface area contributed by atoms with Crippen molar-refractivity contribution >= 4 is 17.7 Å². The molecule has 0 spiro atoms. The van der Waals surface area contributed by atoms with Gasteiger partial charge in [-0.2, -0.15) is 0 Å². The maximum Gasteiger partial charge on any atom is 0.249 e. The van der Waals surface area contributed by atoms with Crippen molar-refractivity contribution in [2.75, 3.05) is 0 Å². The van der Waals surface area contributed by atoms with Crippen LogP contribution >= 0.6 is 0 Å². The maximum absolute atomic E-state index is 12.2. The highest BCUT2D eigenvalue weighted by Crippen LogP contribution is 2.36. The van der Waals surface area contributed by atoms with E-state index in [1.807, 2.05) is 6.92 Å². The lowest BCUT2D eigenvalue weighted by Gasteiger charge is -2.34. The Balaban J connectivity index is 1.94. The lowest BCUT2D eigenvalue weighted by molar-refractivity contribution is -0.140. The first kappa shape index (κ1) is 13.1. The Morgan fingerprint density at radius 2 is 1.94 bits per heavy atom. The Kier molecular flexibility index (Phi) is 3.68. The first-order chi connectivity index (χ1) is 8.51. The third-order valence-electron chi connectivity index (χ3n) is 4.05. The highest BCUT2D eigenvalue weighted by molar-refractivity contribution is 6.02. The summed E-state index contributed by atoms with van der Waals surface area (Å²) >= 11 is 0. The number of nitrogens with one attached hydrogen (secondary N) is 2. The van der Waals surface area contributed by atoms with E-state index in [1.165, 1.54) is 6.42 Å². The van der Waals surface area contributed by atoms with Crippen molar-refractivity contribution in [2.45, 2.75) is 57.9 Å². The van der Waals surface area contributed by atoms with Gasteiger partial charge in [0.2, 0.25) is 17.7 Å². The van der Waals surface area contributed by atoms with Gasteiger partial charge in [0.25, 0.3) is 0 Å². The van der Waals surface area contributed by atoms with Gasteiger partial charge in [-0.05, 0) is 19.3 Å². The average molecular weight is 252 g/mol. The van der Waals surface area contributed by atoms with E-state index in [0.29, 0.717) is 12.8 Å². The number of hydrogen-bond donors (Lipinski definition) is 2. The van der Waals surface area contributed by atoms with Crippen molar-refractivity contribution in [3.05, 3.63) is 0 Å². The standard InChI is InChI=1S/C13H20N2O3/c1-13(7-3-2-4-8-13)12(18)14-9-5-6-10(16)15-11(9)17/h9H,2-8H2,1H3,(H,14,18)(H,15,16,17). The summed E-state index contributed by atoms with van der Waals surface area (Å²) in [7, 11) is 0. The van der Waals surface area contributed by atoms with E-state index in [2.05, 4.69) is 10.6 Å². The Hall–Kier alpha value is -1.39. The molecule has 5 heteroatoms. The fourth-order valence-electron chi connectivity index (χ4n) is 2.72. The van der Waals surface area contributed by atoms with E-state index in [0.717, 1.165) is 25.7 Å². The summed E-state index contributed by atoms with van der Waals surface area (Å²) in [5.74, 6) is -0.676. The molecule has 0 aromatic heterocycles. The molecule has 1 aliphatic carbocycles. The van der Waals surface area contributed by atoms with Crippen LogP contribution in [-0.4, -0.2) is 23.8 Å². The van der Waals surface area contributed by atoms with Crippen molar-refractivity contribution in [2.24, 2.45) is 5.41 Å². The monoisotopic (exact) mass is 252 g/mol. The Labute approximate surface area is 107 Å². The Bertz CT molecular complexity index is 372. The molecular weight excluding hydrogens is 232 g/mol. The van der Waals surface area contributed by atoms with Crippen LogP contribution in [0.15, 0.2) is 0 Å². The summed E-state index contributed by atoms with van der Waals surface area (Å²) < 4.78 is 0. The lowest BCUT2D eigenvalue weighted by atomic mass is 9.75. The van der Waals surface area contributed by atoms with Gasteiger partial charge < -0.3 is 5.32 Å². The molecule has 1 saturated heterocycles. The number of amides is 3. The fourth-order valence-corrected chi connectivity index (χ4v) is 2.72. The van der Waals surface area contributed by atoms with Crippen LogP contribution in [0.2, 0.25) is 0 Å². The molecule has 1 atom stereocenters. The molecule has 18 heavy (non-hydrogen) atoms. The van der Waals surface area contributed by atoms with E-state index < -0.39 is 6.04 Å². The Morgan fingerprint density at radius 1 is 1.28 bits per heavy atom. The minimum atomic E-state index is -0.547. The molecule has 3 amide bonds. The normalized spacial score (nSPS) is 27.5. The van der Waals surface area contributed by atoms with Crippen LogP contribution in [0.5, 0.6) is 0 Å². The summed E-state index contributed by atoms with van der Waals surface area (Å²) in [5.41, 5.74) is -0.347. The highest BCUT2D eigenvalue weighted by Gasteiger charge is 2.37. The molecule has 1 saturated carbocycles. The molecule has 1 unspecified atom stereocenters. The van der Waals surface area contributed by atoms with Gasteiger partial charge in [0.1, 0.15) is 6.04 Å². The van der Waals surface area contributed by atoms with Gasteiger partial charge in [0.15, 0.2) is 0 Å². The van der Waals surface area contributed by atoms with Gasteiger partial charge in [-0.25, -0.2) is 0 Å². The molecule has 100 valence electrons. The van der Waals surface area contributed by atoms with Gasteiger partial charge in [-0.15, -0.1) is 0 Å². The maximum atomic E-state index is 12.2. The van der Waals surface area contributed by atoms with Gasteiger partial charge in [-0.3, -0.25) is 19.7 Å². The second-order valence-electron chi connectivity index (χ2n) is 5.60. The molecule has 5 nitrogen and oxygen atoms in total. The summed E-state index contributed by atoms with van der Waals surface area (Å²) in [6, 6.07) is -0.547. The summed E-state index contributed by atoms with van der Waals surface area (Å²) in [6.45, 7) is 1.97. The topological polar surface area (TPSA) is 75.3 Å². The predicted molar refractivity (Wildman–Crippen MR) is 65.5 cm³/mol. The molecule has 2 aliphatic rings. The zero-order valence-corrected chi connectivity index (χ0v) is 10.8.